The summed E-state index contributed by atoms with van der Waals surface area (Å²) in [5.41, 5.74) is 12.6. The van der Waals surface area contributed by atoms with Crippen molar-refractivity contribution >= 4 is 52.0 Å². The van der Waals surface area contributed by atoms with Gasteiger partial charge in [0.25, 0.3) is 11.8 Å². The summed E-state index contributed by atoms with van der Waals surface area (Å²) < 4.78 is 9.60. The summed E-state index contributed by atoms with van der Waals surface area (Å²) in [6.45, 7) is 2.93. The second-order valence-electron chi connectivity index (χ2n) is 7.95. The van der Waals surface area contributed by atoms with Gasteiger partial charge in [-0.15, -0.1) is 11.3 Å². The van der Waals surface area contributed by atoms with E-state index in [1.54, 1.807) is 6.07 Å². The quantitative estimate of drug-likeness (QED) is 0.435. The first-order chi connectivity index (χ1) is 16.4. The third kappa shape index (κ3) is 4.96. The molecule has 1 saturated heterocycles. The van der Waals surface area contributed by atoms with Gasteiger partial charge < -0.3 is 21.5 Å². The van der Waals surface area contributed by atoms with Crippen molar-refractivity contribution in [2.24, 2.45) is 5.73 Å². The average Bonchev–Trinajstić information content (AvgIpc) is 3.57. The third-order valence-electron chi connectivity index (χ3n) is 5.50. The SMILES string of the molecule is Cc1cccc(N(C(=O)c2snc(C(N)=O)c2N)[C@H](C(=O)NC[C@H]2CCCO2)c2cccs2)c1. The maximum absolute atomic E-state index is 13.9. The van der Waals surface area contributed by atoms with Crippen LogP contribution in [0.3, 0.4) is 0 Å². The lowest BCUT2D eigenvalue weighted by Crippen LogP contribution is -2.45. The lowest BCUT2D eigenvalue weighted by molar-refractivity contribution is -0.122. The minimum Gasteiger partial charge on any atom is -0.395 e. The Morgan fingerprint density at radius 3 is 2.74 bits per heavy atom. The molecule has 4 rings (SSSR count). The van der Waals surface area contributed by atoms with Gasteiger partial charge in [-0.3, -0.25) is 19.3 Å². The summed E-state index contributed by atoms with van der Waals surface area (Å²) in [6, 6.07) is 9.95. The van der Waals surface area contributed by atoms with Gasteiger partial charge in [0, 0.05) is 23.7 Å². The van der Waals surface area contributed by atoms with Crippen LogP contribution in [0.25, 0.3) is 0 Å². The summed E-state index contributed by atoms with van der Waals surface area (Å²) in [5, 5.41) is 4.80. The summed E-state index contributed by atoms with van der Waals surface area (Å²) in [4.78, 5) is 41.2. The molecule has 1 fully saturated rings. The van der Waals surface area contributed by atoms with Crippen molar-refractivity contribution in [3.05, 3.63) is 62.8 Å². The van der Waals surface area contributed by atoms with E-state index in [9.17, 15) is 14.4 Å². The number of primary amides is 1. The number of rotatable bonds is 8. The highest BCUT2D eigenvalue weighted by atomic mass is 32.1. The van der Waals surface area contributed by atoms with Crippen LogP contribution < -0.4 is 21.7 Å². The van der Waals surface area contributed by atoms with Crippen LogP contribution in [-0.2, 0) is 9.53 Å². The van der Waals surface area contributed by atoms with Crippen molar-refractivity contribution in [2.45, 2.75) is 31.9 Å². The molecule has 1 aliphatic rings. The van der Waals surface area contributed by atoms with Crippen molar-refractivity contribution in [2.75, 3.05) is 23.8 Å². The van der Waals surface area contributed by atoms with Gasteiger partial charge in [0.2, 0.25) is 5.91 Å². The van der Waals surface area contributed by atoms with Crippen LogP contribution in [0, 0.1) is 6.92 Å². The Balaban J connectivity index is 1.76. The predicted octanol–water partition coefficient (Wildman–Crippen LogP) is 2.88. The van der Waals surface area contributed by atoms with Crippen molar-refractivity contribution < 1.29 is 19.1 Å². The van der Waals surface area contributed by atoms with E-state index in [1.165, 1.54) is 16.2 Å². The number of amides is 3. The first-order valence-corrected chi connectivity index (χ1v) is 12.4. The molecule has 3 aromatic rings. The zero-order valence-electron chi connectivity index (χ0n) is 18.5. The minimum absolute atomic E-state index is 0.0452. The highest BCUT2D eigenvalue weighted by Crippen LogP contribution is 2.35. The second kappa shape index (κ2) is 10.3. The zero-order valence-corrected chi connectivity index (χ0v) is 20.2. The van der Waals surface area contributed by atoms with Gasteiger partial charge in [0.05, 0.1) is 11.8 Å². The normalized spacial score (nSPS) is 16.2. The van der Waals surface area contributed by atoms with Gasteiger partial charge in [0.1, 0.15) is 4.88 Å². The molecule has 1 aromatic carbocycles. The highest BCUT2D eigenvalue weighted by Gasteiger charge is 2.37. The van der Waals surface area contributed by atoms with Gasteiger partial charge in [0.15, 0.2) is 11.7 Å². The lowest BCUT2D eigenvalue weighted by Gasteiger charge is -2.31. The number of aryl methyl sites for hydroxylation is 1. The third-order valence-corrected chi connectivity index (χ3v) is 7.28. The van der Waals surface area contributed by atoms with Gasteiger partial charge in [-0.25, -0.2) is 0 Å². The standard InChI is InChI=1S/C23H25N5O4S2/c1-13-5-2-6-14(11-13)28(23(31)20-17(24)18(21(25)29)27-34-20)19(16-8-4-10-33-16)22(30)26-12-15-7-3-9-32-15/h2,4-6,8,10-11,15,19H,3,7,9,12,24H2,1H3,(H2,25,29)(H,26,30)/t15-,19+/m1/s1. The fourth-order valence-electron chi connectivity index (χ4n) is 3.84. The van der Waals surface area contributed by atoms with E-state index in [0.29, 0.717) is 23.7 Å². The molecule has 0 saturated carbocycles. The van der Waals surface area contributed by atoms with Crippen LogP contribution in [0.4, 0.5) is 11.4 Å². The number of nitrogens with zero attached hydrogens (tertiary/aromatic N) is 2. The van der Waals surface area contributed by atoms with E-state index in [-0.39, 0.29) is 28.3 Å². The molecule has 34 heavy (non-hydrogen) atoms. The molecule has 0 bridgehead atoms. The maximum atomic E-state index is 13.9. The largest absolute Gasteiger partial charge is 0.395 e. The smallest absolute Gasteiger partial charge is 0.273 e. The van der Waals surface area contributed by atoms with Crippen LogP contribution >= 0.6 is 22.9 Å². The molecule has 5 N–H and O–H groups in total. The molecule has 1 aliphatic heterocycles. The number of ether oxygens (including phenoxy) is 1. The summed E-state index contributed by atoms with van der Waals surface area (Å²) in [5.74, 6) is -1.70. The van der Waals surface area contributed by atoms with E-state index in [0.717, 1.165) is 29.9 Å². The summed E-state index contributed by atoms with van der Waals surface area (Å²) in [6.07, 6.45) is 1.78. The van der Waals surface area contributed by atoms with E-state index in [2.05, 4.69) is 9.69 Å². The lowest BCUT2D eigenvalue weighted by atomic mass is 10.1. The van der Waals surface area contributed by atoms with E-state index in [4.69, 9.17) is 16.2 Å². The Labute approximate surface area is 204 Å². The van der Waals surface area contributed by atoms with Crippen molar-refractivity contribution in [1.82, 2.24) is 9.69 Å². The Morgan fingerprint density at radius 2 is 2.12 bits per heavy atom. The van der Waals surface area contributed by atoms with Crippen LogP contribution in [0.15, 0.2) is 41.8 Å². The second-order valence-corrected chi connectivity index (χ2v) is 9.70. The molecule has 0 radical (unpaired) electrons. The molecular weight excluding hydrogens is 474 g/mol. The first kappa shape index (κ1) is 23.9. The first-order valence-electron chi connectivity index (χ1n) is 10.7. The number of carbonyl (C=O) groups is 3. The number of thiophene rings is 1. The van der Waals surface area contributed by atoms with Gasteiger partial charge in [-0.05, 0) is 60.4 Å². The monoisotopic (exact) mass is 499 g/mol. The Hall–Kier alpha value is -3.28. The Kier molecular flexibility index (Phi) is 7.25. The van der Waals surface area contributed by atoms with Crippen LogP contribution in [0.1, 0.15) is 49.5 Å². The van der Waals surface area contributed by atoms with E-state index < -0.39 is 17.9 Å². The zero-order chi connectivity index (χ0) is 24.2. The summed E-state index contributed by atoms with van der Waals surface area (Å²) >= 11 is 2.15. The highest BCUT2D eigenvalue weighted by molar-refractivity contribution is 7.10. The topological polar surface area (TPSA) is 141 Å². The van der Waals surface area contributed by atoms with Crippen molar-refractivity contribution in [3.63, 3.8) is 0 Å². The maximum Gasteiger partial charge on any atom is 0.273 e. The number of nitrogens with one attached hydrogen (secondary N) is 1. The number of anilines is 2. The number of carbonyl (C=O) groups excluding carboxylic acids is 3. The van der Waals surface area contributed by atoms with E-state index in [1.807, 2.05) is 42.6 Å². The van der Waals surface area contributed by atoms with Crippen LogP contribution in [0.5, 0.6) is 0 Å². The number of aromatic nitrogens is 1. The molecule has 11 heteroatoms. The number of nitrogens with two attached hydrogens (primary N) is 2. The van der Waals surface area contributed by atoms with Crippen molar-refractivity contribution in [1.29, 1.82) is 0 Å². The number of hydrogen-bond acceptors (Lipinski definition) is 8. The molecule has 0 unspecified atom stereocenters. The fraction of sp³-hybridized carbons (Fsp3) is 0.304. The molecule has 3 amide bonds. The van der Waals surface area contributed by atoms with E-state index >= 15 is 0 Å². The Morgan fingerprint density at radius 1 is 1.29 bits per heavy atom. The number of nitrogen functional groups attached to an aromatic ring is 1. The molecule has 0 aliphatic carbocycles. The minimum atomic E-state index is -0.964. The number of benzene rings is 1. The molecule has 0 spiro atoms. The molecule has 3 heterocycles. The average molecular weight is 500 g/mol. The molecular formula is C23H25N5O4S2. The molecule has 2 aromatic heterocycles. The Bertz CT molecular complexity index is 1190. The molecule has 178 valence electrons. The van der Waals surface area contributed by atoms with Crippen LogP contribution in [0.2, 0.25) is 0 Å². The fourth-order valence-corrected chi connectivity index (χ4v) is 5.39. The molecule has 2 atom stereocenters. The number of hydrogen-bond donors (Lipinski definition) is 3. The predicted molar refractivity (Wildman–Crippen MR) is 132 cm³/mol. The molecule has 9 nitrogen and oxygen atoms in total. The van der Waals surface area contributed by atoms with Crippen LogP contribution in [-0.4, -0.2) is 41.4 Å². The summed E-state index contributed by atoms with van der Waals surface area (Å²) in [7, 11) is 0. The van der Waals surface area contributed by atoms with Crippen molar-refractivity contribution in [3.8, 4) is 0 Å². The van der Waals surface area contributed by atoms with Gasteiger partial charge in [-0.2, -0.15) is 4.37 Å². The van der Waals surface area contributed by atoms with Gasteiger partial charge >= 0.3 is 0 Å². The van der Waals surface area contributed by atoms with Gasteiger partial charge in [-0.1, -0.05) is 18.2 Å².